The average Bonchev–Trinajstić information content (AvgIpc) is 2.94. The quantitative estimate of drug-likeness (QED) is 0.544. The molecular formula is C21H24ClN3O4. The molecule has 1 fully saturated rings. The first-order chi connectivity index (χ1) is 14.1. The van der Waals surface area contributed by atoms with E-state index in [1.54, 1.807) is 12.1 Å². The Balaban J connectivity index is 1.43. The van der Waals surface area contributed by atoms with Gasteiger partial charge in [-0.1, -0.05) is 23.7 Å². The largest absolute Gasteiger partial charge is 0.467 e. The molecule has 4 rings (SSSR count). The van der Waals surface area contributed by atoms with Gasteiger partial charge in [-0.15, -0.1) is 0 Å². The number of non-ortho nitro benzene ring substituents is 1. The number of hydrogen-bond donors (Lipinski definition) is 0. The summed E-state index contributed by atoms with van der Waals surface area (Å²) < 4.78 is 11.0. The number of benzene rings is 2. The summed E-state index contributed by atoms with van der Waals surface area (Å²) in [4.78, 5) is 15.8. The molecule has 0 aliphatic carbocycles. The van der Waals surface area contributed by atoms with Crippen molar-refractivity contribution in [3.8, 4) is 5.75 Å². The van der Waals surface area contributed by atoms with Gasteiger partial charge in [-0.25, -0.2) is 0 Å². The summed E-state index contributed by atoms with van der Waals surface area (Å²) in [5.41, 5.74) is 2.96. The Labute approximate surface area is 174 Å². The molecule has 2 aromatic carbocycles. The maximum absolute atomic E-state index is 11.3. The first kappa shape index (κ1) is 20.1. The van der Waals surface area contributed by atoms with E-state index in [0.717, 1.165) is 61.0 Å². The van der Waals surface area contributed by atoms with Crippen LogP contribution < -0.4 is 4.74 Å². The number of nitro groups is 1. The highest BCUT2D eigenvalue weighted by Crippen LogP contribution is 2.33. The van der Waals surface area contributed by atoms with Crippen LogP contribution in [0.2, 0.25) is 5.02 Å². The molecule has 0 aromatic heterocycles. The zero-order valence-electron chi connectivity index (χ0n) is 16.2. The third kappa shape index (κ3) is 5.05. The van der Waals surface area contributed by atoms with Gasteiger partial charge in [0.25, 0.3) is 5.69 Å². The third-order valence-electron chi connectivity index (χ3n) is 5.38. The Hall–Kier alpha value is -2.19. The molecule has 0 radical (unpaired) electrons. The predicted octanol–water partition coefficient (Wildman–Crippen LogP) is 3.82. The molecular weight excluding hydrogens is 394 g/mol. The molecule has 154 valence electrons. The molecule has 0 bridgehead atoms. The van der Waals surface area contributed by atoms with Gasteiger partial charge in [-0.2, -0.15) is 0 Å². The second kappa shape index (κ2) is 9.09. The summed E-state index contributed by atoms with van der Waals surface area (Å²) in [6.45, 7) is 5.90. The van der Waals surface area contributed by atoms with Crippen molar-refractivity contribution in [1.82, 2.24) is 9.80 Å². The third-order valence-corrected chi connectivity index (χ3v) is 5.63. The number of nitro benzene ring substituents is 1. The van der Waals surface area contributed by atoms with Crippen molar-refractivity contribution >= 4 is 17.3 Å². The van der Waals surface area contributed by atoms with Gasteiger partial charge >= 0.3 is 0 Å². The number of halogens is 1. The van der Waals surface area contributed by atoms with E-state index in [4.69, 9.17) is 21.1 Å². The first-order valence-corrected chi connectivity index (χ1v) is 10.2. The van der Waals surface area contributed by atoms with E-state index in [9.17, 15) is 10.1 Å². The van der Waals surface area contributed by atoms with Crippen LogP contribution in [-0.4, -0.2) is 47.7 Å². The van der Waals surface area contributed by atoms with Gasteiger partial charge in [0.2, 0.25) is 0 Å². The maximum Gasteiger partial charge on any atom is 0.270 e. The Morgan fingerprint density at radius 2 is 1.76 bits per heavy atom. The Kier molecular flexibility index (Phi) is 6.30. The zero-order chi connectivity index (χ0) is 20.2. The van der Waals surface area contributed by atoms with Crippen LogP contribution in [-0.2, 0) is 24.4 Å². The molecule has 0 unspecified atom stereocenters. The number of rotatable bonds is 5. The van der Waals surface area contributed by atoms with E-state index in [2.05, 4.69) is 21.9 Å². The maximum atomic E-state index is 11.3. The van der Waals surface area contributed by atoms with Crippen LogP contribution in [0.4, 0.5) is 5.69 Å². The van der Waals surface area contributed by atoms with Gasteiger partial charge in [-0.3, -0.25) is 19.9 Å². The molecule has 0 spiro atoms. The topological polar surface area (TPSA) is 68.1 Å². The minimum absolute atomic E-state index is 0.0898. The van der Waals surface area contributed by atoms with Gasteiger partial charge in [0, 0.05) is 54.5 Å². The van der Waals surface area contributed by atoms with Crippen LogP contribution in [0, 0.1) is 10.1 Å². The lowest BCUT2D eigenvalue weighted by Gasteiger charge is -2.25. The highest BCUT2D eigenvalue weighted by Gasteiger charge is 2.23. The summed E-state index contributed by atoms with van der Waals surface area (Å²) in [6.07, 6.45) is 1.05. The lowest BCUT2D eigenvalue weighted by Crippen LogP contribution is -2.30. The fourth-order valence-corrected chi connectivity index (χ4v) is 4.06. The van der Waals surface area contributed by atoms with Crippen molar-refractivity contribution < 1.29 is 14.4 Å². The molecule has 1 saturated heterocycles. The monoisotopic (exact) mass is 417 g/mol. The molecule has 0 N–H and O–H groups in total. The van der Waals surface area contributed by atoms with Crippen molar-refractivity contribution in [3.05, 3.63) is 68.2 Å². The molecule has 0 amide bonds. The number of fused-ring (bicyclic) bond motifs is 1. The highest BCUT2D eigenvalue weighted by molar-refractivity contribution is 6.30. The fraction of sp³-hybridized carbons (Fsp3) is 0.429. The van der Waals surface area contributed by atoms with E-state index in [-0.39, 0.29) is 17.4 Å². The fourth-order valence-electron chi connectivity index (χ4n) is 3.93. The SMILES string of the molecule is O=[N+]([O-])c1cc2c(c(CN3CCCN(Cc4ccc(Cl)cc4)CC3)c1)OCOC2. The van der Waals surface area contributed by atoms with Crippen LogP contribution in [0.5, 0.6) is 5.75 Å². The zero-order valence-corrected chi connectivity index (χ0v) is 16.9. The van der Waals surface area contributed by atoms with Crippen molar-refractivity contribution in [2.24, 2.45) is 0 Å². The average molecular weight is 418 g/mol. The first-order valence-electron chi connectivity index (χ1n) is 9.78. The van der Waals surface area contributed by atoms with Crippen LogP contribution in [0.15, 0.2) is 36.4 Å². The van der Waals surface area contributed by atoms with Gasteiger partial charge in [0.15, 0.2) is 6.79 Å². The van der Waals surface area contributed by atoms with E-state index >= 15 is 0 Å². The summed E-state index contributed by atoms with van der Waals surface area (Å²) in [6, 6.07) is 11.2. The lowest BCUT2D eigenvalue weighted by molar-refractivity contribution is -0.385. The van der Waals surface area contributed by atoms with Crippen LogP contribution in [0.3, 0.4) is 0 Å². The Morgan fingerprint density at radius 1 is 1.03 bits per heavy atom. The number of ether oxygens (including phenoxy) is 2. The minimum Gasteiger partial charge on any atom is -0.467 e. The summed E-state index contributed by atoms with van der Waals surface area (Å²) in [5.74, 6) is 0.740. The minimum atomic E-state index is -0.353. The van der Waals surface area contributed by atoms with E-state index in [1.165, 1.54) is 5.56 Å². The smallest absolute Gasteiger partial charge is 0.270 e. The van der Waals surface area contributed by atoms with Gasteiger partial charge in [-0.05, 0) is 37.2 Å². The number of hydrogen-bond acceptors (Lipinski definition) is 6. The van der Waals surface area contributed by atoms with E-state index < -0.39 is 0 Å². The van der Waals surface area contributed by atoms with E-state index in [1.807, 2.05) is 12.1 Å². The van der Waals surface area contributed by atoms with Crippen molar-refractivity contribution in [3.63, 3.8) is 0 Å². The molecule has 2 aromatic rings. The Morgan fingerprint density at radius 3 is 2.48 bits per heavy atom. The van der Waals surface area contributed by atoms with Crippen molar-refractivity contribution in [2.75, 3.05) is 33.0 Å². The highest BCUT2D eigenvalue weighted by atomic mass is 35.5. The van der Waals surface area contributed by atoms with Gasteiger partial charge in [0.05, 0.1) is 11.5 Å². The second-order valence-corrected chi connectivity index (χ2v) is 7.93. The molecule has 2 aliphatic rings. The molecule has 0 saturated carbocycles. The molecule has 29 heavy (non-hydrogen) atoms. The van der Waals surface area contributed by atoms with E-state index in [0.29, 0.717) is 13.2 Å². The standard InChI is InChI=1S/C21H24ClN3O4/c22-19-4-2-16(3-5-19)12-23-6-1-7-24(9-8-23)13-17-10-20(25(26)27)11-18-14-28-15-29-21(17)18/h2-5,10-11H,1,6-9,12-15H2. The summed E-state index contributed by atoms with van der Waals surface area (Å²) in [7, 11) is 0. The predicted molar refractivity (Wildman–Crippen MR) is 110 cm³/mol. The number of nitrogens with zero attached hydrogens (tertiary/aromatic N) is 3. The molecule has 8 heteroatoms. The second-order valence-electron chi connectivity index (χ2n) is 7.49. The summed E-state index contributed by atoms with van der Waals surface area (Å²) in [5, 5.41) is 12.1. The van der Waals surface area contributed by atoms with Crippen molar-refractivity contribution in [2.45, 2.75) is 26.1 Å². The van der Waals surface area contributed by atoms with Gasteiger partial charge in [0.1, 0.15) is 5.75 Å². The lowest BCUT2D eigenvalue weighted by atomic mass is 10.1. The molecule has 2 aliphatic heterocycles. The van der Waals surface area contributed by atoms with Gasteiger partial charge < -0.3 is 9.47 Å². The molecule has 7 nitrogen and oxygen atoms in total. The molecule has 0 atom stereocenters. The van der Waals surface area contributed by atoms with Crippen LogP contribution in [0.25, 0.3) is 0 Å². The molecule has 2 heterocycles. The van der Waals surface area contributed by atoms with Crippen LogP contribution >= 0.6 is 11.6 Å². The van der Waals surface area contributed by atoms with Crippen molar-refractivity contribution in [1.29, 1.82) is 0 Å². The summed E-state index contributed by atoms with van der Waals surface area (Å²) >= 11 is 5.98. The van der Waals surface area contributed by atoms with Crippen LogP contribution in [0.1, 0.15) is 23.1 Å². The Bertz CT molecular complexity index is 875. The normalized spacial score (nSPS) is 18.0.